The summed E-state index contributed by atoms with van der Waals surface area (Å²) in [6.45, 7) is 6.09. The minimum Gasteiger partial charge on any atom is -0.457 e. The molecular formula is C19H21BrFN3O. The van der Waals surface area contributed by atoms with Crippen LogP contribution in [0.15, 0.2) is 39.8 Å². The third-order valence-electron chi connectivity index (χ3n) is 4.16. The number of nitrogens with one attached hydrogen (secondary N) is 1. The summed E-state index contributed by atoms with van der Waals surface area (Å²) >= 11 is 3.18. The van der Waals surface area contributed by atoms with Crippen LogP contribution in [-0.4, -0.2) is 24.4 Å². The van der Waals surface area contributed by atoms with Crippen LogP contribution in [0.25, 0.3) is 0 Å². The average molecular weight is 406 g/mol. The number of aryl methyl sites for hydroxylation is 2. The van der Waals surface area contributed by atoms with Crippen molar-refractivity contribution in [2.75, 3.05) is 13.1 Å². The molecule has 1 fully saturated rings. The SMILES string of the molecule is Cc1cc(Oc2ccc(F)c(Br)c2)c(C)cc1N=CNN1CCCC1. The van der Waals surface area contributed by atoms with Gasteiger partial charge in [-0.2, -0.15) is 0 Å². The van der Waals surface area contributed by atoms with Crippen molar-refractivity contribution in [3.63, 3.8) is 0 Å². The van der Waals surface area contributed by atoms with Crippen LogP contribution in [0.1, 0.15) is 24.0 Å². The molecule has 0 radical (unpaired) electrons. The van der Waals surface area contributed by atoms with E-state index in [0.717, 1.165) is 35.7 Å². The minimum atomic E-state index is -0.310. The molecule has 132 valence electrons. The van der Waals surface area contributed by atoms with E-state index in [4.69, 9.17) is 4.74 Å². The summed E-state index contributed by atoms with van der Waals surface area (Å²) in [7, 11) is 0. The van der Waals surface area contributed by atoms with Gasteiger partial charge in [-0.3, -0.25) is 0 Å². The lowest BCUT2D eigenvalue weighted by Gasteiger charge is -2.14. The smallest absolute Gasteiger partial charge is 0.137 e. The normalized spacial score (nSPS) is 15.0. The molecule has 2 aromatic carbocycles. The first-order valence-electron chi connectivity index (χ1n) is 8.31. The molecule has 6 heteroatoms. The number of hydrogen-bond acceptors (Lipinski definition) is 3. The lowest BCUT2D eigenvalue weighted by molar-refractivity contribution is 0.300. The summed E-state index contributed by atoms with van der Waals surface area (Å²) < 4.78 is 19.6. The zero-order valence-electron chi connectivity index (χ0n) is 14.4. The zero-order chi connectivity index (χ0) is 17.8. The van der Waals surface area contributed by atoms with E-state index < -0.39 is 0 Å². The first-order valence-corrected chi connectivity index (χ1v) is 9.10. The predicted molar refractivity (Wildman–Crippen MR) is 102 cm³/mol. The lowest BCUT2D eigenvalue weighted by Crippen LogP contribution is -2.33. The van der Waals surface area contributed by atoms with Crippen molar-refractivity contribution in [1.29, 1.82) is 0 Å². The second kappa shape index (κ2) is 7.97. The highest BCUT2D eigenvalue weighted by Crippen LogP contribution is 2.32. The Kier molecular flexibility index (Phi) is 5.71. The molecule has 1 N–H and O–H groups in total. The maximum atomic E-state index is 13.3. The molecule has 0 aromatic heterocycles. The van der Waals surface area contributed by atoms with Gasteiger partial charge in [0.2, 0.25) is 0 Å². The largest absolute Gasteiger partial charge is 0.457 e. The standard InChI is InChI=1S/C19H21BrFN3O/c1-13-10-19(25-15-5-6-17(21)16(20)11-15)14(2)9-18(13)22-12-23-24-7-3-4-8-24/h5-6,9-12H,3-4,7-8H2,1-2H3,(H,22,23). The van der Waals surface area contributed by atoms with Gasteiger partial charge in [0.25, 0.3) is 0 Å². The highest BCUT2D eigenvalue weighted by atomic mass is 79.9. The Balaban J connectivity index is 1.72. The van der Waals surface area contributed by atoms with E-state index in [9.17, 15) is 4.39 Å². The topological polar surface area (TPSA) is 36.9 Å². The summed E-state index contributed by atoms with van der Waals surface area (Å²) in [6.07, 6.45) is 4.19. The van der Waals surface area contributed by atoms with Crippen molar-refractivity contribution in [1.82, 2.24) is 10.4 Å². The van der Waals surface area contributed by atoms with Crippen molar-refractivity contribution in [3.05, 3.63) is 51.7 Å². The third kappa shape index (κ3) is 4.58. The van der Waals surface area contributed by atoms with Gasteiger partial charge in [0.05, 0.1) is 10.2 Å². The molecule has 1 aliphatic rings. The maximum Gasteiger partial charge on any atom is 0.137 e. The number of ether oxygens (including phenoxy) is 1. The van der Waals surface area contributed by atoms with Crippen LogP contribution in [0.5, 0.6) is 11.5 Å². The van der Waals surface area contributed by atoms with E-state index in [-0.39, 0.29) is 5.82 Å². The fourth-order valence-corrected chi connectivity index (χ4v) is 3.07. The number of nitrogens with zero attached hydrogens (tertiary/aromatic N) is 2. The van der Waals surface area contributed by atoms with Gasteiger partial charge in [0, 0.05) is 13.1 Å². The second-order valence-electron chi connectivity index (χ2n) is 6.16. The summed E-state index contributed by atoms with van der Waals surface area (Å²) in [5, 5.41) is 2.16. The second-order valence-corrected chi connectivity index (χ2v) is 7.02. The van der Waals surface area contributed by atoms with E-state index in [1.807, 2.05) is 26.0 Å². The van der Waals surface area contributed by atoms with E-state index in [1.54, 1.807) is 18.5 Å². The predicted octanol–water partition coefficient (Wildman–Crippen LogP) is 5.26. The molecule has 0 spiro atoms. The molecule has 0 unspecified atom stereocenters. The molecule has 1 aliphatic heterocycles. The Labute approximate surface area is 155 Å². The molecule has 25 heavy (non-hydrogen) atoms. The van der Waals surface area contributed by atoms with Gasteiger partial charge in [0.1, 0.15) is 23.7 Å². The van der Waals surface area contributed by atoms with Gasteiger partial charge in [-0.15, -0.1) is 0 Å². The summed E-state index contributed by atoms with van der Waals surface area (Å²) in [5.74, 6) is 1.01. The average Bonchev–Trinajstić information content (AvgIpc) is 3.09. The van der Waals surface area contributed by atoms with E-state index in [0.29, 0.717) is 10.2 Å². The molecule has 4 nitrogen and oxygen atoms in total. The fourth-order valence-electron chi connectivity index (χ4n) is 2.72. The van der Waals surface area contributed by atoms with Crippen molar-refractivity contribution in [2.24, 2.45) is 4.99 Å². The van der Waals surface area contributed by atoms with Crippen molar-refractivity contribution in [3.8, 4) is 11.5 Å². The van der Waals surface area contributed by atoms with Crippen molar-refractivity contribution < 1.29 is 9.13 Å². The summed E-state index contributed by atoms with van der Waals surface area (Å²) in [6, 6.07) is 8.56. The lowest BCUT2D eigenvalue weighted by atomic mass is 10.1. The highest BCUT2D eigenvalue weighted by molar-refractivity contribution is 9.10. The van der Waals surface area contributed by atoms with Gasteiger partial charge in [-0.05, 0) is 84.1 Å². The van der Waals surface area contributed by atoms with Crippen LogP contribution in [0.2, 0.25) is 0 Å². The zero-order valence-corrected chi connectivity index (χ0v) is 15.9. The molecule has 0 bridgehead atoms. The number of benzene rings is 2. The van der Waals surface area contributed by atoms with Crippen molar-refractivity contribution in [2.45, 2.75) is 26.7 Å². The molecule has 1 saturated heterocycles. The van der Waals surface area contributed by atoms with Gasteiger partial charge >= 0.3 is 0 Å². The van der Waals surface area contributed by atoms with Gasteiger partial charge in [-0.25, -0.2) is 14.4 Å². The third-order valence-corrected chi connectivity index (χ3v) is 4.77. The first-order chi connectivity index (χ1) is 12.0. The van der Waals surface area contributed by atoms with Crippen LogP contribution in [-0.2, 0) is 0 Å². The van der Waals surface area contributed by atoms with E-state index in [2.05, 4.69) is 31.4 Å². The van der Waals surface area contributed by atoms with Crippen LogP contribution in [0.4, 0.5) is 10.1 Å². The van der Waals surface area contributed by atoms with Crippen LogP contribution in [0, 0.1) is 19.7 Å². The Morgan fingerprint density at radius 2 is 1.92 bits per heavy atom. The van der Waals surface area contributed by atoms with Crippen LogP contribution >= 0.6 is 15.9 Å². The number of hydrogen-bond donors (Lipinski definition) is 1. The Morgan fingerprint density at radius 1 is 1.16 bits per heavy atom. The van der Waals surface area contributed by atoms with E-state index >= 15 is 0 Å². The molecular weight excluding hydrogens is 385 g/mol. The Morgan fingerprint density at radius 3 is 2.64 bits per heavy atom. The van der Waals surface area contributed by atoms with Gasteiger partial charge < -0.3 is 10.2 Å². The fraction of sp³-hybridized carbons (Fsp3) is 0.316. The molecule has 0 atom stereocenters. The van der Waals surface area contributed by atoms with Gasteiger partial charge in [0.15, 0.2) is 0 Å². The molecule has 3 rings (SSSR count). The minimum absolute atomic E-state index is 0.310. The number of rotatable bonds is 5. The van der Waals surface area contributed by atoms with Crippen LogP contribution < -0.4 is 10.2 Å². The number of hydrazine groups is 1. The maximum absolute atomic E-state index is 13.3. The summed E-state index contributed by atoms with van der Waals surface area (Å²) in [4.78, 5) is 4.51. The van der Waals surface area contributed by atoms with E-state index in [1.165, 1.54) is 18.9 Å². The molecule has 0 aliphatic carbocycles. The first kappa shape index (κ1) is 17.9. The molecule has 0 saturated carbocycles. The van der Waals surface area contributed by atoms with Gasteiger partial charge in [-0.1, -0.05) is 0 Å². The summed E-state index contributed by atoms with van der Waals surface area (Å²) in [5.41, 5.74) is 6.10. The molecule has 2 aromatic rings. The molecule has 0 amide bonds. The number of halogens is 2. The molecule has 1 heterocycles. The Hall–Kier alpha value is -1.92. The highest BCUT2D eigenvalue weighted by Gasteiger charge is 2.10. The van der Waals surface area contributed by atoms with Crippen LogP contribution in [0.3, 0.4) is 0 Å². The quantitative estimate of drug-likeness (QED) is 0.544. The monoisotopic (exact) mass is 405 g/mol. The number of aliphatic imine (C=N–C) groups is 1. The Bertz CT molecular complexity index is 788. The van der Waals surface area contributed by atoms with Crippen molar-refractivity contribution >= 4 is 28.0 Å².